The van der Waals surface area contributed by atoms with Crippen LogP contribution in [0.4, 0.5) is 17.1 Å². The molecule has 0 aliphatic rings. The molecular weight excluding hydrogens is 496 g/mol. The predicted octanol–water partition coefficient (Wildman–Crippen LogP) is 11.0. The quantitative estimate of drug-likeness (QED) is 0.222. The third-order valence-corrected chi connectivity index (χ3v) is 8.24. The summed E-state index contributed by atoms with van der Waals surface area (Å²) in [6.45, 7) is 17.8. The molecule has 0 unspecified atom stereocenters. The van der Waals surface area contributed by atoms with Gasteiger partial charge in [0.2, 0.25) is 0 Å². The summed E-state index contributed by atoms with van der Waals surface area (Å²) < 4.78 is 2.29. The van der Waals surface area contributed by atoms with Gasteiger partial charge in [0.05, 0.1) is 21.9 Å². The molecule has 0 fully saturated rings. The molecule has 3 heteroatoms. The molecule has 0 aliphatic carbocycles. The number of halogens is 1. The second-order valence-corrected chi connectivity index (χ2v) is 13.0. The van der Waals surface area contributed by atoms with Crippen LogP contribution in [0.2, 0.25) is 5.02 Å². The molecule has 5 rings (SSSR count). The number of fused-ring (bicyclic) bond motifs is 1. The maximum Gasteiger partial charge on any atom is 0.0886 e. The van der Waals surface area contributed by atoms with Crippen LogP contribution < -0.4 is 4.90 Å². The number of hydrogen-bond acceptors (Lipinski definition) is 1. The molecule has 0 saturated heterocycles. The zero-order valence-corrected chi connectivity index (χ0v) is 25.2. The van der Waals surface area contributed by atoms with Crippen LogP contribution in [-0.2, 0) is 10.8 Å². The van der Waals surface area contributed by atoms with Crippen LogP contribution in [0.1, 0.15) is 63.9 Å². The average molecular weight is 535 g/mol. The van der Waals surface area contributed by atoms with Crippen LogP contribution in [0.15, 0.2) is 91.0 Å². The normalized spacial score (nSPS) is 12.2. The molecular formula is C36H39ClN2. The molecule has 1 heterocycles. The van der Waals surface area contributed by atoms with Gasteiger partial charge in [0.25, 0.3) is 0 Å². The molecule has 0 amide bonds. The van der Waals surface area contributed by atoms with E-state index in [1.54, 1.807) is 0 Å². The fraction of sp³-hybridized carbons (Fsp3) is 0.278. The lowest BCUT2D eigenvalue weighted by atomic mass is 9.86. The Balaban J connectivity index is 1.71. The molecule has 0 bridgehead atoms. The lowest BCUT2D eigenvalue weighted by Gasteiger charge is -2.29. The highest BCUT2D eigenvalue weighted by Gasteiger charge is 2.22. The van der Waals surface area contributed by atoms with Crippen molar-refractivity contribution in [1.29, 1.82) is 0 Å². The molecule has 2 nitrogen and oxygen atoms in total. The van der Waals surface area contributed by atoms with Crippen LogP contribution in [-0.4, -0.2) is 4.57 Å². The van der Waals surface area contributed by atoms with E-state index in [1.807, 2.05) is 0 Å². The van der Waals surface area contributed by atoms with Crippen molar-refractivity contribution in [1.82, 2.24) is 4.57 Å². The Kier molecular flexibility index (Phi) is 6.89. The van der Waals surface area contributed by atoms with Crippen molar-refractivity contribution in [3.63, 3.8) is 0 Å². The predicted molar refractivity (Wildman–Crippen MR) is 170 cm³/mol. The van der Waals surface area contributed by atoms with Gasteiger partial charge < -0.3 is 9.47 Å². The van der Waals surface area contributed by atoms with Gasteiger partial charge in [0.15, 0.2) is 0 Å². The van der Waals surface area contributed by atoms with Gasteiger partial charge in [-0.3, -0.25) is 0 Å². The summed E-state index contributed by atoms with van der Waals surface area (Å²) in [7, 11) is 0. The Morgan fingerprint density at radius 1 is 0.615 bits per heavy atom. The highest BCUT2D eigenvalue weighted by molar-refractivity contribution is 6.35. The van der Waals surface area contributed by atoms with E-state index in [9.17, 15) is 0 Å². The van der Waals surface area contributed by atoms with Gasteiger partial charge in [-0.2, -0.15) is 0 Å². The minimum Gasteiger partial charge on any atom is -0.312 e. The van der Waals surface area contributed by atoms with Crippen LogP contribution in [0, 0.1) is 13.8 Å². The number of rotatable bonds is 4. The Labute approximate surface area is 238 Å². The second-order valence-electron chi connectivity index (χ2n) is 12.6. The van der Waals surface area contributed by atoms with Crippen molar-refractivity contribution < 1.29 is 0 Å². The van der Waals surface area contributed by atoms with Gasteiger partial charge in [0, 0.05) is 22.5 Å². The van der Waals surface area contributed by atoms with Crippen molar-refractivity contribution in [2.45, 2.75) is 66.2 Å². The fourth-order valence-electron chi connectivity index (χ4n) is 5.34. The number of hydrogen-bond donors (Lipinski definition) is 0. The lowest BCUT2D eigenvalue weighted by molar-refractivity contribution is 0.590. The van der Waals surface area contributed by atoms with E-state index in [0.717, 1.165) is 27.8 Å². The van der Waals surface area contributed by atoms with E-state index in [0.29, 0.717) is 0 Å². The topological polar surface area (TPSA) is 8.17 Å². The first kappa shape index (κ1) is 27.1. The number of aromatic nitrogens is 1. The van der Waals surface area contributed by atoms with E-state index >= 15 is 0 Å². The number of anilines is 3. The first-order chi connectivity index (χ1) is 18.4. The summed E-state index contributed by atoms with van der Waals surface area (Å²) in [5.74, 6) is 0. The first-order valence-corrected chi connectivity index (χ1v) is 14.1. The number of nitrogens with zero attached hydrogens (tertiary/aromatic N) is 2. The van der Waals surface area contributed by atoms with Crippen molar-refractivity contribution in [3.8, 4) is 5.69 Å². The number of para-hydroxylation sites is 1. The monoisotopic (exact) mass is 534 g/mol. The summed E-state index contributed by atoms with van der Waals surface area (Å²) in [6.07, 6.45) is 0. The van der Waals surface area contributed by atoms with E-state index in [1.165, 1.54) is 33.3 Å². The van der Waals surface area contributed by atoms with Gasteiger partial charge in [0.1, 0.15) is 0 Å². The molecule has 200 valence electrons. The maximum atomic E-state index is 7.36. The lowest BCUT2D eigenvalue weighted by Crippen LogP contribution is -2.15. The van der Waals surface area contributed by atoms with Crippen molar-refractivity contribution >= 4 is 39.6 Å². The third-order valence-electron chi connectivity index (χ3n) is 7.85. The standard InChI is InChI=1S/C36H39ClN2/c1-24-25(2)38(31-13-10-9-12-30(24)31)32-14-11-15-33(34(32)37)39(28-20-16-26(17-21-28)35(3,4)5)29-22-18-27(19-23-29)36(6,7)8/h9-23H,1-8H3. The van der Waals surface area contributed by atoms with E-state index in [2.05, 4.69) is 156 Å². The highest BCUT2D eigenvalue weighted by Crippen LogP contribution is 2.43. The molecule has 39 heavy (non-hydrogen) atoms. The summed E-state index contributed by atoms with van der Waals surface area (Å²) in [5.41, 5.74) is 10.5. The molecule has 0 aliphatic heterocycles. The van der Waals surface area contributed by atoms with Crippen molar-refractivity contribution in [2.75, 3.05) is 4.90 Å². The Hall–Kier alpha value is -3.49. The molecule has 4 aromatic carbocycles. The minimum atomic E-state index is 0.0835. The molecule has 0 radical (unpaired) electrons. The van der Waals surface area contributed by atoms with Gasteiger partial charge in [-0.05, 0) is 83.8 Å². The Morgan fingerprint density at radius 3 is 1.64 bits per heavy atom. The fourth-order valence-corrected chi connectivity index (χ4v) is 5.64. The van der Waals surface area contributed by atoms with E-state index in [-0.39, 0.29) is 10.8 Å². The van der Waals surface area contributed by atoms with Crippen LogP contribution in [0.25, 0.3) is 16.6 Å². The average Bonchev–Trinajstić information content (AvgIpc) is 3.15. The van der Waals surface area contributed by atoms with Gasteiger partial charge in [-0.25, -0.2) is 0 Å². The van der Waals surface area contributed by atoms with Crippen molar-refractivity contribution in [2.24, 2.45) is 0 Å². The molecule has 0 saturated carbocycles. The van der Waals surface area contributed by atoms with Crippen molar-refractivity contribution in [3.05, 3.63) is 118 Å². The van der Waals surface area contributed by atoms with Crippen LogP contribution >= 0.6 is 11.6 Å². The smallest absolute Gasteiger partial charge is 0.0886 e. The Bertz CT molecular complexity index is 1570. The zero-order chi connectivity index (χ0) is 28.1. The molecule has 0 atom stereocenters. The minimum absolute atomic E-state index is 0.0835. The Morgan fingerprint density at radius 2 is 1.13 bits per heavy atom. The largest absolute Gasteiger partial charge is 0.312 e. The number of aryl methyl sites for hydroxylation is 1. The van der Waals surface area contributed by atoms with E-state index in [4.69, 9.17) is 11.6 Å². The van der Waals surface area contributed by atoms with Gasteiger partial charge >= 0.3 is 0 Å². The van der Waals surface area contributed by atoms with Crippen LogP contribution in [0.3, 0.4) is 0 Å². The van der Waals surface area contributed by atoms with Gasteiger partial charge in [-0.15, -0.1) is 0 Å². The highest BCUT2D eigenvalue weighted by atomic mass is 35.5. The molecule has 5 aromatic rings. The number of benzene rings is 4. The van der Waals surface area contributed by atoms with Crippen LogP contribution in [0.5, 0.6) is 0 Å². The summed E-state index contributed by atoms with van der Waals surface area (Å²) in [6, 6.07) is 32.7. The van der Waals surface area contributed by atoms with E-state index < -0.39 is 0 Å². The SMILES string of the molecule is Cc1c(C)n(-c2cccc(N(c3ccc(C(C)(C)C)cc3)c3ccc(C(C)(C)C)cc3)c2Cl)c2ccccc12. The summed E-state index contributed by atoms with van der Waals surface area (Å²) in [5, 5.41) is 1.98. The molecule has 0 spiro atoms. The third kappa shape index (κ3) is 4.99. The summed E-state index contributed by atoms with van der Waals surface area (Å²) >= 11 is 7.36. The first-order valence-electron chi connectivity index (χ1n) is 13.7. The second kappa shape index (κ2) is 9.92. The van der Waals surface area contributed by atoms with Gasteiger partial charge in [-0.1, -0.05) is 102 Å². The summed E-state index contributed by atoms with van der Waals surface area (Å²) in [4.78, 5) is 2.28. The molecule has 0 N–H and O–H groups in total. The molecule has 1 aromatic heterocycles. The zero-order valence-electron chi connectivity index (χ0n) is 24.4. The maximum absolute atomic E-state index is 7.36.